The highest BCUT2D eigenvalue weighted by Gasteiger charge is 2.26. The first-order valence-corrected chi connectivity index (χ1v) is 8.47. The van der Waals surface area contributed by atoms with E-state index < -0.39 is 10.0 Å². The standard InChI is InChI=1S/C13H23N3O2S/c1-4-16-11(3)13(9-14-16)19(17,18)15-12-7-5-10(2)6-8-12/h9-10,12,15H,4-8H2,1-3H3. The fourth-order valence-corrected chi connectivity index (χ4v) is 4.15. The van der Waals surface area contributed by atoms with Gasteiger partial charge in [0, 0.05) is 12.6 Å². The first-order valence-electron chi connectivity index (χ1n) is 6.98. The van der Waals surface area contributed by atoms with Crippen LogP contribution in [0.4, 0.5) is 0 Å². The smallest absolute Gasteiger partial charge is 0.244 e. The third-order valence-electron chi connectivity index (χ3n) is 3.98. The summed E-state index contributed by atoms with van der Waals surface area (Å²) < 4.78 is 29.3. The van der Waals surface area contributed by atoms with Crippen molar-refractivity contribution in [2.75, 3.05) is 0 Å². The summed E-state index contributed by atoms with van der Waals surface area (Å²) in [6.45, 7) is 6.66. The average molecular weight is 285 g/mol. The molecular weight excluding hydrogens is 262 g/mol. The second-order valence-electron chi connectivity index (χ2n) is 5.49. The highest BCUT2D eigenvalue weighted by atomic mass is 32.2. The van der Waals surface area contributed by atoms with Crippen molar-refractivity contribution in [3.05, 3.63) is 11.9 Å². The lowest BCUT2D eigenvalue weighted by atomic mass is 9.88. The molecule has 1 aliphatic carbocycles. The van der Waals surface area contributed by atoms with E-state index in [2.05, 4.69) is 16.7 Å². The van der Waals surface area contributed by atoms with E-state index in [9.17, 15) is 8.42 Å². The number of nitrogens with one attached hydrogen (secondary N) is 1. The summed E-state index contributed by atoms with van der Waals surface area (Å²) in [6.07, 6.45) is 5.51. The van der Waals surface area contributed by atoms with Crippen LogP contribution < -0.4 is 4.72 Å². The Morgan fingerprint density at radius 3 is 2.53 bits per heavy atom. The van der Waals surface area contributed by atoms with Gasteiger partial charge >= 0.3 is 0 Å². The van der Waals surface area contributed by atoms with E-state index in [1.807, 2.05) is 6.92 Å². The largest absolute Gasteiger partial charge is 0.269 e. The lowest BCUT2D eigenvalue weighted by Crippen LogP contribution is -2.37. The topological polar surface area (TPSA) is 64.0 Å². The van der Waals surface area contributed by atoms with Crippen LogP contribution in [-0.2, 0) is 16.6 Å². The quantitative estimate of drug-likeness (QED) is 0.921. The molecule has 5 nitrogen and oxygen atoms in total. The molecule has 2 rings (SSSR count). The van der Waals surface area contributed by atoms with Gasteiger partial charge in [-0.3, -0.25) is 4.68 Å². The molecule has 0 aliphatic heterocycles. The molecule has 6 heteroatoms. The minimum atomic E-state index is -3.43. The fraction of sp³-hybridized carbons (Fsp3) is 0.769. The monoisotopic (exact) mass is 285 g/mol. The Kier molecular flexibility index (Phi) is 4.30. The summed E-state index contributed by atoms with van der Waals surface area (Å²) >= 11 is 0. The number of nitrogens with zero attached hydrogens (tertiary/aromatic N) is 2. The molecule has 0 atom stereocenters. The molecule has 1 aliphatic rings. The normalized spacial score (nSPS) is 24.6. The Balaban J connectivity index is 2.12. The van der Waals surface area contributed by atoms with Gasteiger partial charge in [0.15, 0.2) is 0 Å². The Morgan fingerprint density at radius 1 is 1.37 bits per heavy atom. The molecule has 1 N–H and O–H groups in total. The fourth-order valence-electron chi connectivity index (χ4n) is 2.67. The van der Waals surface area contributed by atoms with Crippen LogP contribution in [0.5, 0.6) is 0 Å². The number of rotatable bonds is 4. The zero-order chi connectivity index (χ0) is 14.0. The molecule has 0 unspecified atom stereocenters. The molecule has 0 spiro atoms. The molecule has 1 heterocycles. The highest BCUT2D eigenvalue weighted by molar-refractivity contribution is 7.89. The maximum absolute atomic E-state index is 12.4. The lowest BCUT2D eigenvalue weighted by Gasteiger charge is -2.26. The summed E-state index contributed by atoms with van der Waals surface area (Å²) in [5, 5.41) is 4.10. The molecule has 1 aromatic rings. The van der Waals surface area contributed by atoms with Crippen LogP contribution in [0.2, 0.25) is 0 Å². The van der Waals surface area contributed by atoms with Crippen LogP contribution in [0, 0.1) is 12.8 Å². The van der Waals surface area contributed by atoms with E-state index in [0.717, 1.165) is 25.7 Å². The van der Waals surface area contributed by atoms with E-state index in [4.69, 9.17) is 0 Å². The van der Waals surface area contributed by atoms with Gasteiger partial charge in [-0.2, -0.15) is 5.10 Å². The van der Waals surface area contributed by atoms with E-state index in [-0.39, 0.29) is 6.04 Å². The second kappa shape index (κ2) is 5.63. The first-order chi connectivity index (χ1) is 8.94. The van der Waals surface area contributed by atoms with Crippen molar-refractivity contribution < 1.29 is 8.42 Å². The Labute approximate surface area is 115 Å². The Bertz CT molecular complexity index is 528. The predicted octanol–water partition coefficient (Wildman–Crippen LogP) is 2.07. The van der Waals surface area contributed by atoms with Crippen LogP contribution in [0.3, 0.4) is 0 Å². The molecule has 0 radical (unpaired) electrons. The third-order valence-corrected chi connectivity index (χ3v) is 5.61. The molecule has 1 aromatic heterocycles. The van der Waals surface area contributed by atoms with Gasteiger partial charge in [-0.15, -0.1) is 0 Å². The molecule has 0 saturated heterocycles. The van der Waals surface area contributed by atoms with Crippen LogP contribution in [-0.4, -0.2) is 24.2 Å². The molecule has 0 bridgehead atoms. The number of hydrogen-bond acceptors (Lipinski definition) is 3. The van der Waals surface area contributed by atoms with Crippen molar-refractivity contribution in [1.82, 2.24) is 14.5 Å². The lowest BCUT2D eigenvalue weighted by molar-refractivity contribution is 0.332. The van der Waals surface area contributed by atoms with Crippen LogP contribution >= 0.6 is 0 Å². The van der Waals surface area contributed by atoms with Gasteiger partial charge in [0.2, 0.25) is 10.0 Å². The molecular formula is C13H23N3O2S. The van der Waals surface area contributed by atoms with E-state index in [0.29, 0.717) is 23.1 Å². The van der Waals surface area contributed by atoms with Crippen LogP contribution in [0.25, 0.3) is 0 Å². The van der Waals surface area contributed by atoms with Gasteiger partial charge < -0.3 is 0 Å². The Hall–Kier alpha value is -0.880. The molecule has 1 fully saturated rings. The van der Waals surface area contributed by atoms with Crippen molar-refractivity contribution in [2.24, 2.45) is 5.92 Å². The van der Waals surface area contributed by atoms with Gasteiger partial charge in [-0.25, -0.2) is 13.1 Å². The van der Waals surface area contributed by atoms with E-state index in [1.54, 1.807) is 11.6 Å². The van der Waals surface area contributed by atoms with Crippen LogP contribution in [0.1, 0.15) is 45.2 Å². The van der Waals surface area contributed by atoms with Gasteiger partial charge in [0.25, 0.3) is 0 Å². The number of aryl methyl sites for hydroxylation is 1. The zero-order valence-corrected chi connectivity index (χ0v) is 12.7. The summed E-state index contributed by atoms with van der Waals surface area (Å²) in [5.74, 6) is 0.713. The summed E-state index contributed by atoms with van der Waals surface area (Å²) in [6, 6.07) is 0.0746. The van der Waals surface area contributed by atoms with Gasteiger partial charge in [-0.1, -0.05) is 6.92 Å². The average Bonchev–Trinajstić information content (AvgIpc) is 2.74. The van der Waals surface area contributed by atoms with Gasteiger partial charge in [0.1, 0.15) is 4.90 Å². The first kappa shape index (κ1) is 14.5. The van der Waals surface area contributed by atoms with Crippen molar-refractivity contribution in [1.29, 1.82) is 0 Å². The summed E-state index contributed by atoms with van der Waals surface area (Å²) in [7, 11) is -3.43. The van der Waals surface area contributed by atoms with Crippen molar-refractivity contribution >= 4 is 10.0 Å². The van der Waals surface area contributed by atoms with Crippen LogP contribution in [0.15, 0.2) is 11.1 Å². The minimum absolute atomic E-state index is 0.0746. The number of aromatic nitrogens is 2. The zero-order valence-electron chi connectivity index (χ0n) is 11.9. The molecule has 1 saturated carbocycles. The molecule has 108 valence electrons. The maximum Gasteiger partial charge on any atom is 0.244 e. The summed E-state index contributed by atoms with van der Waals surface area (Å²) in [5.41, 5.74) is 0.708. The van der Waals surface area contributed by atoms with E-state index in [1.165, 1.54) is 6.20 Å². The SMILES string of the molecule is CCn1ncc(S(=O)(=O)NC2CCC(C)CC2)c1C. The van der Waals surface area contributed by atoms with Gasteiger partial charge in [0.05, 0.1) is 11.9 Å². The van der Waals surface area contributed by atoms with Crippen molar-refractivity contribution in [3.8, 4) is 0 Å². The molecule has 0 aromatic carbocycles. The highest BCUT2D eigenvalue weighted by Crippen LogP contribution is 2.25. The Morgan fingerprint density at radius 2 is 2.00 bits per heavy atom. The van der Waals surface area contributed by atoms with Crippen molar-refractivity contribution in [3.63, 3.8) is 0 Å². The maximum atomic E-state index is 12.4. The molecule has 0 amide bonds. The second-order valence-corrected chi connectivity index (χ2v) is 7.17. The number of hydrogen-bond donors (Lipinski definition) is 1. The third kappa shape index (κ3) is 3.17. The molecule has 19 heavy (non-hydrogen) atoms. The number of sulfonamides is 1. The van der Waals surface area contributed by atoms with Gasteiger partial charge in [-0.05, 0) is 45.4 Å². The minimum Gasteiger partial charge on any atom is -0.269 e. The summed E-state index contributed by atoms with van der Waals surface area (Å²) in [4.78, 5) is 0.313. The van der Waals surface area contributed by atoms with Crippen molar-refractivity contribution in [2.45, 2.75) is 63.9 Å². The predicted molar refractivity (Wildman–Crippen MR) is 74.4 cm³/mol. The van der Waals surface area contributed by atoms with E-state index >= 15 is 0 Å².